The summed E-state index contributed by atoms with van der Waals surface area (Å²) in [6.45, 7) is 1.97. The van der Waals surface area contributed by atoms with E-state index in [-0.39, 0.29) is 24.8 Å². The molecular formula is C24H22N6O5. The second kappa shape index (κ2) is 8.93. The minimum atomic E-state index is -0.653. The van der Waals surface area contributed by atoms with Crippen LogP contribution in [0.15, 0.2) is 53.2 Å². The van der Waals surface area contributed by atoms with Crippen LogP contribution in [0.3, 0.4) is 0 Å². The van der Waals surface area contributed by atoms with Crippen molar-refractivity contribution in [2.24, 2.45) is 0 Å². The molecule has 1 aliphatic rings. The highest BCUT2D eigenvalue weighted by molar-refractivity contribution is 6.00. The number of rotatable bonds is 5. The van der Waals surface area contributed by atoms with Gasteiger partial charge in [0.1, 0.15) is 6.04 Å². The van der Waals surface area contributed by atoms with E-state index in [1.165, 1.54) is 4.57 Å². The van der Waals surface area contributed by atoms with Crippen molar-refractivity contribution in [2.75, 3.05) is 5.32 Å². The normalized spacial score (nSPS) is 15.7. The molecule has 4 aromatic rings. The summed E-state index contributed by atoms with van der Waals surface area (Å²) in [7, 11) is 0. The highest BCUT2D eigenvalue weighted by Gasteiger charge is 2.30. The average molecular weight is 474 g/mol. The van der Waals surface area contributed by atoms with Gasteiger partial charge < -0.3 is 24.8 Å². The van der Waals surface area contributed by atoms with Crippen LogP contribution >= 0.6 is 0 Å². The van der Waals surface area contributed by atoms with Gasteiger partial charge in [-0.1, -0.05) is 17.3 Å². The van der Waals surface area contributed by atoms with E-state index in [9.17, 15) is 19.5 Å². The van der Waals surface area contributed by atoms with Gasteiger partial charge in [-0.3, -0.25) is 14.9 Å². The molecule has 3 heterocycles. The van der Waals surface area contributed by atoms with Crippen LogP contribution in [0.2, 0.25) is 0 Å². The van der Waals surface area contributed by atoms with Crippen molar-refractivity contribution in [2.45, 2.75) is 32.4 Å². The molecule has 0 aliphatic carbocycles. The summed E-state index contributed by atoms with van der Waals surface area (Å²) in [6, 6.07) is 11.4. The lowest BCUT2D eigenvalue weighted by molar-refractivity contribution is -0.135. The van der Waals surface area contributed by atoms with Crippen molar-refractivity contribution >= 4 is 34.3 Å². The highest BCUT2D eigenvalue weighted by atomic mass is 16.5. The predicted octanol–water partition coefficient (Wildman–Crippen LogP) is 3.00. The molecule has 0 bridgehead atoms. The zero-order valence-electron chi connectivity index (χ0n) is 18.7. The molecule has 2 aromatic heterocycles. The Kier molecular flexibility index (Phi) is 5.65. The summed E-state index contributed by atoms with van der Waals surface area (Å²) in [4.78, 5) is 40.2. The molecule has 1 fully saturated rings. The quantitative estimate of drug-likeness (QED) is 0.325. The summed E-state index contributed by atoms with van der Waals surface area (Å²) in [5.74, 6) is 0.101. The third-order valence-corrected chi connectivity index (χ3v) is 5.77. The number of aryl methyl sites for hydroxylation is 1. The topological polar surface area (TPSA) is 151 Å². The lowest BCUT2D eigenvalue weighted by Crippen LogP contribution is -2.41. The first kappa shape index (κ1) is 22.1. The number of benzene rings is 2. The molecule has 11 heteroatoms. The molecule has 178 valence electrons. The number of anilines is 1. The Hall–Kier alpha value is -4.67. The molecule has 5 rings (SSSR count). The molecule has 35 heavy (non-hydrogen) atoms. The van der Waals surface area contributed by atoms with Crippen molar-refractivity contribution in [3.05, 3.63) is 60.0 Å². The number of imide groups is 1. The number of nitrogens with one attached hydrogen (secondary N) is 3. The third kappa shape index (κ3) is 4.56. The molecule has 1 unspecified atom stereocenters. The smallest absolute Gasteiger partial charge is 0.319 e. The van der Waals surface area contributed by atoms with Crippen LogP contribution in [0.1, 0.15) is 30.3 Å². The van der Waals surface area contributed by atoms with Crippen LogP contribution in [0.5, 0.6) is 5.88 Å². The van der Waals surface area contributed by atoms with Crippen LogP contribution < -0.4 is 16.0 Å². The number of hydrogen-bond donors (Lipinski definition) is 4. The number of nitrogens with zero attached hydrogens (tertiary/aromatic N) is 3. The fourth-order valence-electron chi connectivity index (χ4n) is 4.07. The zero-order valence-corrected chi connectivity index (χ0v) is 18.7. The molecule has 0 saturated carbocycles. The summed E-state index contributed by atoms with van der Waals surface area (Å²) >= 11 is 0. The van der Waals surface area contributed by atoms with Crippen LogP contribution in [-0.4, -0.2) is 37.7 Å². The molecule has 1 saturated heterocycles. The van der Waals surface area contributed by atoms with E-state index in [2.05, 4.69) is 26.1 Å². The minimum Gasteiger partial charge on any atom is -0.494 e. The number of fused-ring (bicyclic) bond motifs is 1. The second-order valence-corrected chi connectivity index (χ2v) is 8.28. The Morgan fingerprint density at radius 1 is 1.26 bits per heavy atom. The van der Waals surface area contributed by atoms with Crippen LogP contribution in [0.25, 0.3) is 22.2 Å². The standard InChI is InChI=1S/C24H22N6O5/c1-13-26-22(35-29-13)15-3-2-4-17(10-15)27-24(34)25-11-14-5-6-18-16(9-14)12-30(23(18)33)19-7-8-20(31)28-21(19)32/h2-6,9-10,12,19,33H,7-8,11H2,1H3,(H2,25,27,34)(H,28,31,32). The molecule has 2 aromatic carbocycles. The van der Waals surface area contributed by atoms with Gasteiger partial charge in [-0.2, -0.15) is 4.98 Å². The predicted molar refractivity (Wildman–Crippen MR) is 125 cm³/mol. The van der Waals surface area contributed by atoms with Crippen LogP contribution in [0, 0.1) is 6.92 Å². The molecule has 1 aliphatic heterocycles. The van der Waals surface area contributed by atoms with Gasteiger partial charge in [-0.25, -0.2) is 4.79 Å². The summed E-state index contributed by atoms with van der Waals surface area (Å²) in [5, 5.41) is 23.6. The SMILES string of the molecule is Cc1noc(-c2cccc(NC(=O)NCc3ccc4c(O)n(C5CCC(=O)NC5=O)cc4c3)c2)n1. The second-order valence-electron chi connectivity index (χ2n) is 8.28. The third-order valence-electron chi connectivity index (χ3n) is 5.77. The van der Waals surface area contributed by atoms with Gasteiger partial charge in [0.15, 0.2) is 11.7 Å². The molecule has 1 atom stereocenters. The Labute approximate surface area is 199 Å². The van der Waals surface area contributed by atoms with E-state index in [0.29, 0.717) is 34.8 Å². The van der Waals surface area contributed by atoms with E-state index < -0.39 is 18.0 Å². The van der Waals surface area contributed by atoms with Crippen molar-refractivity contribution < 1.29 is 24.0 Å². The lowest BCUT2D eigenvalue weighted by Gasteiger charge is -2.22. The number of amides is 4. The number of urea groups is 1. The summed E-state index contributed by atoms with van der Waals surface area (Å²) in [6.07, 6.45) is 2.21. The van der Waals surface area contributed by atoms with E-state index in [4.69, 9.17) is 4.52 Å². The Morgan fingerprint density at radius 2 is 2.11 bits per heavy atom. The van der Waals surface area contributed by atoms with E-state index >= 15 is 0 Å². The maximum Gasteiger partial charge on any atom is 0.319 e. The lowest BCUT2D eigenvalue weighted by atomic mass is 10.1. The average Bonchev–Trinajstić information content (AvgIpc) is 3.41. The molecule has 4 N–H and O–H groups in total. The van der Waals surface area contributed by atoms with Crippen molar-refractivity contribution in [3.63, 3.8) is 0 Å². The summed E-state index contributed by atoms with van der Waals surface area (Å²) < 4.78 is 6.64. The largest absolute Gasteiger partial charge is 0.494 e. The first-order valence-electron chi connectivity index (χ1n) is 11.0. The van der Waals surface area contributed by atoms with Gasteiger partial charge in [-0.15, -0.1) is 0 Å². The number of piperidine rings is 1. The Balaban J connectivity index is 1.25. The fraction of sp³-hybridized carbons (Fsp3) is 0.208. The van der Waals surface area contributed by atoms with Gasteiger partial charge in [0.05, 0.1) is 0 Å². The van der Waals surface area contributed by atoms with Gasteiger partial charge in [0.25, 0.3) is 5.89 Å². The van der Waals surface area contributed by atoms with Crippen LogP contribution in [-0.2, 0) is 16.1 Å². The minimum absolute atomic E-state index is 0.0388. The number of carbonyl (C=O) groups is 3. The molecular weight excluding hydrogens is 452 g/mol. The first-order valence-corrected chi connectivity index (χ1v) is 11.0. The Bertz CT molecular complexity index is 1460. The number of aromatic nitrogens is 3. The van der Waals surface area contributed by atoms with Crippen LogP contribution in [0.4, 0.5) is 10.5 Å². The Morgan fingerprint density at radius 3 is 2.89 bits per heavy atom. The number of aromatic hydroxyl groups is 1. The number of carbonyl (C=O) groups excluding carboxylic acids is 3. The molecule has 11 nitrogen and oxygen atoms in total. The van der Waals surface area contributed by atoms with E-state index in [1.807, 2.05) is 12.1 Å². The van der Waals surface area contributed by atoms with Crippen molar-refractivity contribution in [1.82, 2.24) is 25.3 Å². The van der Waals surface area contributed by atoms with E-state index in [0.717, 1.165) is 10.9 Å². The molecule has 4 amide bonds. The van der Waals surface area contributed by atoms with Crippen molar-refractivity contribution in [3.8, 4) is 17.3 Å². The van der Waals surface area contributed by atoms with Crippen molar-refractivity contribution in [1.29, 1.82) is 0 Å². The fourth-order valence-corrected chi connectivity index (χ4v) is 4.07. The maximum atomic E-state index is 12.4. The molecule has 0 radical (unpaired) electrons. The van der Waals surface area contributed by atoms with E-state index in [1.54, 1.807) is 43.5 Å². The maximum absolute atomic E-state index is 12.4. The monoisotopic (exact) mass is 474 g/mol. The molecule has 0 spiro atoms. The van der Waals surface area contributed by atoms with Gasteiger partial charge in [0, 0.05) is 41.2 Å². The van der Waals surface area contributed by atoms with Gasteiger partial charge in [-0.05, 0) is 49.2 Å². The first-order chi connectivity index (χ1) is 16.9. The summed E-state index contributed by atoms with van der Waals surface area (Å²) in [5.41, 5.74) is 2.06. The number of hydrogen-bond acceptors (Lipinski definition) is 7. The zero-order chi connectivity index (χ0) is 24.5. The van der Waals surface area contributed by atoms with Gasteiger partial charge in [0.2, 0.25) is 11.8 Å². The highest BCUT2D eigenvalue weighted by Crippen LogP contribution is 2.33. The van der Waals surface area contributed by atoms with Gasteiger partial charge >= 0.3 is 6.03 Å².